The monoisotopic (exact) mass is 489 g/mol. The van der Waals surface area contributed by atoms with Gasteiger partial charge in [-0.1, -0.05) is 12.1 Å². The van der Waals surface area contributed by atoms with Crippen LogP contribution in [0.5, 0.6) is 11.5 Å². The molecule has 1 saturated heterocycles. The minimum absolute atomic E-state index is 0.0169. The fraction of sp³-hybridized carbons (Fsp3) is 0.520. The maximum Gasteiger partial charge on any atom is 0.317 e. The van der Waals surface area contributed by atoms with E-state index in [0.717, 1.165) is 23.3 Å². The molecule has 2 aromatic rings. The van der Waals surface area contributed by atoms with Gasteiger partial charge in [0, 0.05) is 31.1 Å². The molecule has 0 spiro atoms. The number of urea groups is 1. The van der Waals surface area contributed by atoms with Gasteiger partial charge in [0.05, 0.1) is 26.9 Å². The van der Waals surface area contributed by atoms with Crippen LogP contribution in [0.15, 0.2) is 35.7 Å². The van der Waals surface area contributed by atoms with Gasteiger partial charge in [0.2, 0.25) is 5.91 Å². The van der Waals surface area contributed by atoms with E-state index in [1.54, 1.807) is 30.5 Å². The van der Waals surface area contributed by atoms with Gasteiger partial charge in [0.25, 0.3) is 0 Å². The smallest absolute Gasteiger partial charge is 0.317 e. The average molecular weight is 490 g/mol. The number of benzene rings is 1. The fourth-order valence-electron chi connectivity index (χ4n) is 3.96. The van der Waals surface area contributed by atoms with Crippen molar-refractivity contribution in [2.24, 2.45) is 0 Å². The largest absolute Gasteiger partial charge is 0.493 e. The molecule has 1 aromatic carbocycles. The highest BCUT2D eigenvalue weighted by Crippen LogP contribution is 2.28. The van der Waals surface area contributed by atoms with Crippen molar-refractivity contribution >= 4 is 23.3 Å². The van der Waals surface area contributed by atoms with Crippen molar-refractivity contribution in [1.82, 2.24) is 15.1 Å². The first-order chi connectivity index (χ1) is 16.5. The lowest BCUT2D eigenvalue weighted by molar-refractivity contribution is -0.132. The molecule has 1 aromatic heterocycles. The third-order valence-electron chi connectivity index (χ3n) is 5.79. The molecule has 9 heteroatoms. The van der Waals surface area contributed by atoms with Crippen molar-refractivity contribution in [2.45, 2.75) is 38.8 Å². The second-order valence-electron chi connectivity index (χ2n) is 8.19. The summed E-state index contributed by atoms with van der Waals surface area (Å²) >= 11 is 1.62. The van der Waals surface area contributed by atoms with Crippen LogP contribution in [0.25, 0.3) is 0 Å². The third-order valence-corrected chi connectivity index (χ3v) is 6.65. The Morgan fingerprint density at radius 2 is 2.00 bits per heavy atom. The van der Waals surface area contributed by atoms with Crippen LogP contribution in [0.1, 0.15) is 30.2 Å². The van der Waals surface area contributed by atoms with Gasteiger partial charge in [0.1, 0.15) is 6.54 Å². The van der Waals surface area contributed by atoms with Gasteiger partial charge < -0.3 is 29.3 Å². The van der Waals surface area contributed by atoms with E-state index >= 15 is 0 Å². The standard InChI is InChI=1S/C25H35N3O5S/c1-4-26-25(30)28(16-20-7-5-13-33-20)18-24(29)27(17-21-8-6-14-34-21)12-11-19-9-10-22(31-2)23(15-19)32-3/h6,8-10,14-15,20H,4-5,7,11-13,16-18H2,1-3H3,(H,26,30). The van der Waals surface area contributed by atoms with Gasteiger partial charge in [-0.3, -0.25) is 4.79 Å². The lowest BCUT2D eigenvalue weighted by atomic mass is 10.1. The molecular weight excluding hydrogens is 454 g/mol. The Balaban J connectivity index is 1.71. The molecule has 3 rings (SSSR count). The number of methoxy groups -OCH3 is 2. The first-order valence-corrected chi connectivity index (χ1v) is 12.6. The third kappa shape index (κ3) is 7.36. The summed E-state index contributed by atoms with van der Waals surface area (Å²) in [7, 11) is 3.22. The molecule has 1 N–H and O–H groups in total. The Kier molecular flexibility index (Phi) is 10.0. The number of hydrogen-bond donors (Lipinski definition) is 1. The van der Waals surface area contributed by atoms with Crippen LogP contribution >= 0.6 is 11.3 Å². The Morgan fingerprint density at radius 1 is 1.18 bits per heavy atom. The summed E-state index contributed by atoms with van der Waals surface area (Å²) in [6.07, 6.45) is 2.53. The highest BCUT2D eigenvalue weighted by atomic mass is 32.1. The number of amides is 3. The van der Waals surface area contributed by atoms with Gasteiger partial charge in [-0.15, -0.1) is 11.3 Å². The van der Waals surface area contributed by atoms with Crippen molar-refractivity contribution in [3.8, 4) is 11.5 Å². The van der Waals surface area contributed by atoms with E-state index in [2.05, 4.69) is 5.32 Å². The van der Waals surface area contributed by atoms with Gasteiger partial charge in [-0.25, -0.2) is 4.79 Å². The molecular formula is C25H35N3O5S. The topological polar surface area (TPSA) is 80.3 Å². The van der Waals surface area contributed by atoms with Crippen molar-refractivity contribution in [3.63, 3.8) is 0 Å². The molecule has 3 amide bonds. The highest BCUT2D eigenvalue weighted by Gasteiger charge is 2.26. The van der Waals surface area contributed by atoms with E-state index in [0.29, 0.717) is 50.7 Å². The number of ether oxygens (including phenoxy) is 3. The number of nitrogens with zero attached hydrogens (tertiary/aromatic N) is 2. The Labute approximate surface area is 205 Å². The Bertz CT molecular complexity index is 915. The van der Waals surface area contributed by atoms with Gasteiger partial charge in [-0.05, 0) is 55.3 Å². The quantitative estimate of drug-likeness (QED) is 0.493. The SMILES string of the molecule is CCNC(=O)N(CC(=O)N(CCc1ccc(OC)c(OC)c1)Cc1cccs1)CC1CCCO1. The van der Waals surface area contributed by atoms with Crippen molar-refractivity contribution < 1.29 is 23.8 Å². The molecule has 0 radical (unpaired) electrons. The lowest BCUT2D eigenvalue weighted by Gasteiger charge is -2.29. The summed E-state index contributed by atoms with van der Waals surface area (Å²) in [5.74, 6) is 1.25. The predicted octanol–water partition coefficient (Wildman–Crippen LogP) is 3.55. The summed E-state index contributed by atoms with van der Waals surface area (Å²) in [5, 5.41) is 4.83. The van der Waals surface area contributed by atoms with E-state index in [1.807, 2.05) is 47.5 Å². The first-order valence-electron chi connectivity index (χ1n) is 11.7. The average Bonchev–Trinajstić information content (AvgIpc) is 3.55. The second kappa shape index (κ2) is 13.2. The number of thiophene rings is 1. The zero-order chi connectivity index (χ0) is 24.3. The maximum absolute atomic E-state index is 13.4. The molecule has 1 fully saturated rings. The lowest BCUT2D eigenvalue weighted by Crippen LogP contribution is -2.49. The summed E-state index contributed by atoms with van der Waals surface area (Å²) in [6.45, 7) is 4.55. The second-order valence-corrected chi connectivity index (χ2v) is 9.22. The van der Waals surface area contributed by atoms with E-state index < -0.39 is 0 Å². The maximum atomic E-state index is 13.4. The Morgan fingerprint density at radius 3 is 2.65 bits per heavy atom. The number of rotatable bonds is 12. The molecule has 0 bridgehead atoms. The number of carbonyl (C=O) groups excluding carboxylic acids is 2. The van der Waals surface area contributed by atoms with Gasteiger partial charge in [0.15, 0.2) is 11.5 Å². The van der Waals surface area contributed by atoms with E-state index in [1.165, 1.54) is 0 Å². The molecule has 1 aliphatic heterocycles. The fourth-order valence-corrected chi connectivity index (χ4v) is 4.68. The molecule has 34 heavy (non-hydrogen) atoms. The molecule has 1 unspecified atom stereocenters. The molecule has 1 atom stereocenters. The van der Waals surface area contributed by atoms with Crippen molar-refractivity contribution in [3.05, 3.63) is 46.2 Å². The molecule has 2 heterocycles. The van der Waals surface area contributed by atoms with Crippen molar-refractivity contribution in [1.29, 1.82) is 0 Å². The van der Waals surface area contributed by atoms with Crippen LogP contribution in [0.4, 0.5) is 4.79 Å². The van der Waals surface area contributed by atoms with Crippen LogP contribution in [-0.4, -0.2) is 74.8 Å². The highest BCUT2D eigenvalue weighted by molar-refractivity contribution is 7.09. The molecule has 8 nitrogen and oxygen atoms in total. The van der Waals surface area contributed by atoms with Crippen LogP contribution in [0.3, 0.4) is 0 Å². The van der Waals surface area contributed by atoms with Crippen LogP contribution in [-0.2, 0) is 22.5 Å². The van der Waals surface area contributed by atoms with Gasteiger partial charge in [-0.2, -0.15) is 0 Å². The summed E-state index contributed by atoms with van der Waals surface area (Å²) in [6, 6.07) is 9.56. The van der Waals surface area contributed by atoms with Crippen LogP contribution in [0.2, 0.25) is 0 Å². The Hall–Kier alpha value is -2.78. The molecule has 1 aliphatic rings. The predicted molar refractivity (Wildman–Crippen MR) is 133 cm³/mol. The minimum Gasteiger partial charge on any atom is -0.493 e. The number of hydrogen-bond acceptors (Lipinski definition) is 6. The zero-order valence-electron chi connectivity index (χ0n) is 20.2. The van der Waals surface area contributed by atoms with E-state index in [4.69, 9.17) is 14.2 Å². The molecule has 0 aliphatic carbocycles. The summed E-state index contributed by atoms with van der Waals surface area (Å²) in [4.78, 5) is 30.6. The summed E-state index contributed by atoms with van der Waals surface area (Å²) < 4.78 is 16.5. The normalized spacial score (nSPS) is 15.1. The number of nitrogens with one attached hydrogen (secondary N) is 1. The molecule has 186 valence electrons. The number of carbonyl (C=O) groups is 2. The van der Waals surface area contributed by atoms with E-state index in [-0.39, 0.29) is 24.6 Å². The molecule has 0 saturated carbocycles. The van der Waals surface area contributed by atoms with E-state index in [9.17, 15) is 9.59 Å². The summed E-state index contributed by atoms with van der Waals surface area (Å²) in [5.41, 5.74) is 1.04. The zero-order valence-corrected chi connectivity index (χ0v) is 21.1. The van der Waals surface area contributed by atoms with Crippen molar-refractivity contribution in [2.75, 3.05) is 47.0 Å². The van der Waals surface area contributed by atoms with Crippen LogP contribution < -0.4 is 14.8 Å². The first kappa shape index (κ1) is 25.8. The minimum atomic E-state index is -0.234. The van der Waals surface area contributed by atoms with Gasteiger partial charge >= 0.3 is 6.03 Å². The van der Waals surface area contributed by atoms with Crippen LogP contribution in [0, 0.1) is 0 Å².